The van der Waals surface area contributed by atoms with Gasteiger partial charge in [-0.1, -0.05) is 39.0 Å². The first-order valence-electron chi connectivity index (χ1n) is 9.13. The summed E-state index contributed by atoms with van der Waals surface area (Å²) in [6.07, 6.45) is 10.3. The molecule has 1 aromatic carbocycles. The van der Waals surface area contributed by atoms with Gasteiger partial charge in [0.05, 0.1) is 12.2 Å². The minimum Gasteiger partial charge on any atom is -0.492 e. The van der Waals surface area contributed by atoms with Crippen LogP contribution in [0.3, 0.4) is 0 Å². The third kappa shape index (κ3) is 6.21. The van der Waals surface area contributed by atoms with Gasteiger partial charge in [-0.25, -0.2) is 0 Å². The zero-order valence-corrected chi connectivity index (χ0v) is 15.2. The van der Waals surface area contributed by atoms with E-state index in [0.717, 1.165) is 12.8 Å². The van der Waals surface area contributed by atoms with Crippen molar-refractivity contribution >= 4 is 11.6 Å². The van der Waals surface area contributed by atoms with Gasteiger partial charge in [0, 0.05) is 23.6 Å². The van der Waals surface area contributed by atoms with E-state index in [9.17, 15) is 10.1 Å². The molecule has 0 saturated heterocycles. The number of rotatable bonds is 10. The monoisotopic (exact) mass is 351 g/mol. The summed E-state index contributed by atoms with van der Waals surface area (Å²) in [5, 5.41) is 12.1. The summed E-state index contributed by atoms with van der Waals surface area (Å²) >= 11 is 0. The van der Waals surface area contributed by atoms with Crippen LogP contribution in [0.4, 0.5) is 5.69 Å². The molecule has 0 fully saturated rings. The third-order valence-corrected chi connectivity index (χ3v) is 4.06. The van der Waals surface area contributed by atoms with Gasteiger partial charge in [0.1, 0.15) is 11.8 Å². The lowest BCUT2D eigenvalue weighted by Gasteiger charge is -2.10. The van der Waals surface area contributed by atoms with Crippen molar-refractivity contribution in [3.05, 3.63) is 53.9 Å². The Labute approximate surface area is 155 Å². The SMILES string of the molecule is CCCCCCCCOc1ccc(NC(=O)c2ccncc2)cc1C#N. The summed E-state index contributed by atoms with van der Waals surface area (Å²) in [7, 11) is 0. The Kier molecular flexibility index (Phi) is 8.14. The van der Waals surface area contributed by atoms with Crippen LogP contribution in [0.5, 0.6) is 5.75 Å². The number of hydrogen-bond acceptors (Lipinski definition) is 4. The minimum atomic E-state index is -0.239. The molecule has 0 radical (unpaired) electrons. The van der Waals surface area contributed by atoms with Crippen LogP contribution in [-0.2, 0) is 0 Å². The number of nitrogens with one attached hydrogen (secondary N) is 1. The lowest BCUT2D eigenvalue weighted by atomic mass is 10.1. The highest BCUT2D eigenvalue weighted by atomic mass is 16.5. The number of nitrogens with zero attached hydrogens (tertiary/aromatic N) is 2. The van der Waals surface area contributed by atoms with Crippen molar-refractivity contribution in [2.45, 2.75) is 45.4 Å². The first-order chi connectivity index (χ1) is 12.7. The second kappa shape index (κ2) is 10.9. The van der Waals surface area contributed by atoms with Crippen LogP contribution in [0.1, 0.15) is 61.4 Å². The predicted octanol–water partition coefficient (Wildman–Crippen LogP) is 4.94. The number of carbonyl (C=O) groups excluding carboxylic acids is 1. The van der Waals surface area contributed by atoms with E-state index in [1.807, 2.05) is 0 Å². The molecule has 26 heavy (non-hydrogen) atoms. The van der Waals surface area contributed by atoms with E-state index >= 15 is 0 Å². The average molecular weight is 351 g/mol. The maximum absolute atomic E-state index is 12.2. The van der Waals surface area contributed by atoms with Gasteiger partial charge in [0.2, 0.25) is 0 Å². The molecule has 0 bridgehead atoms. The van der Waals surface area contributed by atoms with E-state index in [0.29, 0.717) is 29.2 Å². The van der Waals surface area contributed by atoms with Crippen molar-refractivity contribution in [3.63, 3.8) is 0 Å². The number of aromatic nitrogens is 1. The molecule has 1 amide bonds. The Balaban J connectivity index is 1.87. The fourth-order valence-electron chi connectivity index (χ4n) is 2.59. The quantitative estimate of drug-likeness (QED) is 0.615. The van der Waals surface area contributed by atoms with E-state index in [2.05, 4.69) is 23.3 Å². The number of pyridine rings is 1. The molecular weight excluding hydrogens is 326 g/mol. The van der Waals surface area contributed by atoms with Crippen LogP contribution in [0.15, 0.2) is 42.7 Å². The second-order valence-corrected chi connectivity index (χ2v) is 6.13. The molecule has 1 heterocycles. The van der Waals surface area contributed by atoms with Gasteiger partial charge in [-0.2, -0.15) is 5.26 Å². The number of ether oxygens (including phenoxy) is 1. The van der Waals surface area contributed by atoms with E-state index in [1.165, 1.54) is 25.7 Å². The van der Waals surface area contributed by atoms with E-state index in [4.69, 9.17) is 4.74 Å². The number of hydrogen-bond donors (Lipinski definition) is 1. The zero-order valence-electron chi connectivity index (χ0n) is 15.2. The lowest BCUT2D eigenvalue weighted by molar-refractivity contribution is 0.102. The summed E-state index contributed by atoms with van der Waals surface area (Å²) in [5.41, 5.74) is 1.50. The molecular formula is C21H25N3O2. The molecule has 2 rings (SSSR count). The van der Waals surface area contributed by atoms with Gasteiger partial charge in [0.15, 0.2) is 0 Å². The Morgan fingerprint density at radius 2 is 1.85 bits per heavy atom. The largest absolute Gasteiger partial charge is 0.492 e. The van der Waals surface area contributed by atoms with Crippen molar-refractivity contribution < 1.29 is 9.53 Å². The van der Waals surface area contributed by atoms with Crippen LogP contribution < -0.4 is 10.1 Å². The molecule has 1 aromatic heterocycles. The lowest BCUT2D eigenvalue weighted by Crippen LogP contribution is -2.12. The molecule has 0 aliphatic rings. The van der Waals surface area contributed by atoms with E-state index < -0.39 is 0 Å². The molecule has 0 spiro atoms. The van der Waals surface area contributed by atoms with Gasteiger partial charge in [-0.15, -0.1) is 0 Å². The number of carbonyl (C=O) groups is 1. The van der Waals surface area contributed by atoms with Crippen molar-refractivity contribution in [2.24, 2.45) is 0 Å². The van der Waals surface area contributed by atoms with Crippen LogP contribution in [-0.4, -0.2) is 17.5 Å². The maximum atomic E-state index is 12.2. The fourth-order valence-corrected chi connectivity index (χ4v) is 2.59. The number of benzene rings is 1. The van der Waals surface area contributed by atoms with Crippen molar-refractivity contribution in [2.75, 3.05) is 11.9 Å². The Hall–Kier alpha value is -2.87. The average Bonchev–Trinajstić information content (AvgIpc) is 2.68. The number of unbranched alkanes of at least 4 members (excludes halogenated alkanes) is 5. The van der Waals surface area contributed by atoms with Gasteiger partial charge >= 0.3 is 0 Å². The Morgan fingerprint density at radius 1 is 1.12 bits per heavy atom. The van der Waals surface area contributed by atoms with Crippen molar-refractivity contribution in [3.8, 4) is 11.8 Å². The zero-order chi connectivity index (χ0) is 18.6. The van der Waals surface area contributed by atoms with Crippen LogP contribution >= 0.6 is 0 Å². The Bertz CT molecular complexity index is 739. The minimum absolute atomic E-state index is 0.239. The summed E-state index contributed by atoms with van der Waals surface area (Å²) in [6, 6.07) is 10.5. The van der Waals surface area contributed by atoms with E-state index in [1.54, 1.807) is 42.7 Å². The predicted molar refractivity (Wildman–Crippen MR) is 102 cm³/mol. The van der Waals surface area contributed by atoms with Crippen molar-refractivity contribution in [1.82, 2.24) is 4.98 Å². The van der Waals surface area contributed by atoms with Gasteiger partial charge in [-0.05, 0) is 36.8 Å². The van der Waals surface area contributed by atoms with Gasteiger partial charge < -0.3 is 10.1 Å². The molecule has 136 valence electrons. The molecule has 2 aromatic rings. The number of nitriles is 1. The number of anilines is 1. The molecule has 0 unspecified atom stereocenters. The molecule has 1 N–H and O–H groups in total. The van der Waals surface area contributed by atoms with Gasteiger partial charge in [0.25, 0.3) is 5.91 Å². The van der Waals surface area contributed by atoms with Crippen LogP contribution in [0.2, 0.25) is 0 Å². The van der Waals surface area contributed by atoms with Crippen LogP contribution in [0, 0.1) is 11.3 Å². The standard InChI is InChI=1S/C21H25N3O2/c1-2-3-4-5-6-7-14-26-20-9-8-19(15-18(20)16-22)24-21(25)17-10-12-23-13-11-17/h8-13,15H,2-7,14H2,1H3,(H,24,25). The third-order valence-electron chi connectivity index (χ3n) is 4.06. The topological polar surface area (TPSA) is 75.0 Å². The molecule has 0 aliphatic heterocycles. The molecule has 5 heteroatoms. The Morgan fingerprint density at radius 3 is 2.58 bits per heavy atom. The summed E-state index contributed by atoms with van der Waals surface area (Å²) in [5.74, 6) is 0.319. The highest BCUT2D eigenvalue weighted by molar-refractivity contribution is 6.04. The maximum Gasteiger partial charge on any atom is 0.255 e. The van der Waals surface area contributed by atoms with Crippen LogP contribution in [0.25, 0.3) is 0 Å². The normalized spacial score (nSPS) is 10.2. The smallest absolute Gasteiger partial charge is 0.255 e. The first kappa shape index (κ1) is 19.5. The molecule has 0 atom stereocenters. The fraction of sp³-hybridized carbons (Fsp3) is 0.381. The molecule has 5 nitrogen and oxygen atoms in total. The second-order valence-electron chi connectivity index (χ2n) is 6.13. The highest BCUT2D eigenvalue weighted by Crippen LogP contribution is 2.23. The summed E-state index contributed by atoms with van der Waals surface area (Å²) in [6.45, 7) is 2.80. The van der Waals surface area contributed by atoms with Gasteiger partial charge in [-0.3, -0.25) is 9.78 Å². The first-order valence-corrected chi connectivity index (χ1v) is 9.13. The highest BCUT2D eigenvalue weighted by Gasteiger charge is 2.09. The summed E-state index contributed by atoms with van der Waals surface area (Å²) < 4.78 is 5.74. The van der Waals surface area contributed by atoms with E-state index in [-0.39, 0.29) is 5.91 Å². The molecule has 0 saturated carbocycles. The number of amides is 1. The van der Waals surface area contributed by atoms with Crippen molar-refractivity contribution in [1.29, 1.82) is 5.26 Å². The molecule has 0 aliphatic carbocycles. The summed E-state index contributed by atoms with van der Waals surface area (Å²) in [4.78, 5) is 16.1.